The molecule has 0 N–H and O–H groups in total. The Labute approximate surface area is 90.6 Å². The van der Waals surface area contributed by atoms with Gasteiger partial charge in [0.25, 0.3) is 0 Å². The van der Waals surface area contributed by atoms with Crippen molar-refractivity contribution in [2.75, 3.05) is 0 Å². The van der Waals surface area contributed by atoms with Crippen LogP contribution in [-0.2, 0) is 12.6 Å². The third-order valence-electron chi connectivity index (χ3n) is 2.70. The molecule has 1 aromatic rings. The fourth-order valence-electron chi connectivity index (χ4n) is 1.83. The molecule has 0 atom stereocenters. The monoisotopic (exact) mass is 226 g/mol. The van der Waals surface area contributed by atoms with Crippen LogP contribution in [0.15, 0.2) is 29.8 Å². The number of carbonyl (C=O) groups excluding carboxylic acids is 1. The number of hydrogen-bond donors (Lipinski definition) is 0. The third-order valence-corrected chi connectivity index (χ3v) is 2.70. The Hall–Kier alpha value is -1.58. The molecule has 16 heavy (non-hydrogen) atoms. The number of allylic oxidation sites excluding steroid dienone is 2. The lowest BCUT2D eigenvalue weighted by Gasteiger charge is -2.07. The number of fused-ring (bicyclic) bond motifs is 1. The van der Waals surface area contributed by atoms with Crippen LogP contribution in [0.4, 0.5) is 13.2 Å². The molecule has 0 aliphatic heterocycles. The van der Waals surface area contributed by atoms with Crippen LogP contribution in [0.3, 0.4) is 0 Å². The van der Waals surface area contributed by atoms with Crippen molar-refractivity contribution in [2.24, 2.45) is 0 Å². The molecule has 0 aromatic heterocycles. The fraction of sp³-hybridized carbons (Fsp3) is 0.250. The molecule has 1 aromatic carbocycles. The second-order valence-electron chi connectivity index (χ2n) is 3.69. The number of hydrogen-bond acceptors (Lipinski definition) is 1. The maximum atomic E-state index is 12.4. The average molecular weight is 226 g/mol. The summed E-state index contributed by atoms with van der Waals surface area (Å²) in [6, 6.07) is 3.27. The van der Waals surface area contributed by atoms with Crippen LogP contribution in [0.1, 0.15) is 28.4 Å². The first kappa shape index (κ1) is 10.9. The second-order valence-corrected chi connectivity index (χ2v) is 3.69. The van der Waals surface area contributed by atoms with Crippen LogP contribution in [0.2, 0.25) is 0 Å². The highest BCUT2D eigenvalue weighted by Gasteiger charge is 2.33. The fourth-order valence-corrected chi connectivity index (χ4v) is 1.83. The van der Waals surface area contributed by atoms with E-state index in [0.717, 1.165) is 12.1 Å². The van der Waals surface area contributed by atoms with Crippen LogP contribution < -0.4 is 0 Å². The average Bonchev–Trinajstić information content (AvgIpc) is 2.54. The largest absolute Gasteiger partial charge is 0.416 e. The van der Waals surface area contributed by atoms with E-state index in [-0.39, 0.29) is 5.78 Å². The molecule has 0 heterocycles. The maximum Gasteiger partial charge on any atom is 0.416 e. The molecule has 2 rings (SSSR count). The summed E-state index contributed by atoms with van der Waals surface area (Å²) in [6.45, 7) is 1.71. The molecule has 0 unspecified atom stereocenters. The maximum absolute atomic E-state index is 12.4. The van der Waals surface area contributed by atoms with Gasteiger partial charge >= 0.3 is 6.18 Å². The SMILES string of the molecule is C/C=C1\Cc2cc(C(F)(F)F)ccc2C1=O. The van der Waals surface area contributed by atoms with Gasteiger partial charge in [0.2, 0.25) is 0 Å². The van der Waals surface area contributed by atoms with Gasteiger partial charge in [-0.05, 0) is 24.6 Å². The Morgan fingerprint density at radius 2 is 2.00 bits per heavy atom. The van der Waals surface area contributed by atoms with Gasteiger partial charge in [-0.15, -0.1) is 0 Å². The topological polar surface area (TPSA) is 17.1 Å². The molecule has 0 radical (unpaired) electrons. The van der Waals surface area contributed by atoms with Crippen molar-refractivity contribution in [1.29, 1.82) is 0 Å². The Morgan fingerprint density at radius 1 is 1.31 bits per heavy atom. The van der Waals surface area contributed by atoms with E-state index in [9.17, 15) is 18.0 Å². The summed E-state index contributed by atoms with van der Waals surface area (Å²) < 4.78 is 37.3. The summed E-state index contributed by atoms with van der Waals surface area (Å²) in [5.41, 5.74) is 0.722. The van der Waals surface area contributed by atoms with Gasteiger partial charge in [-0.25, -0.2) is 0 Å². The second kappa shape index (κ2) is 3.47. The van der Waals surface area contributed by atoms with E-state index in [4.69, 9.17) is 0 Å². The van der Waals surface area contributed by atoms with Crippen molar-refractivity contribution < 1.29 is 18.0 Å². The molecule has 0 saturated heterocycles. The zero-order chi connectivity index (χ0) is 11.9. The number of alkyl halides is 3. The number of carbonyl (C=O) groups is 1. The highest BCUT2D eigenvalue weighted by atomic mass is 19.4. The van der Waals surface area contributed by atoms with Gasteiger partial charge in [0, 0.05) is 17.6 Å². The Balaban J connectivity index is 2.49. The number of rotatable bonds is 0. The Kier molecular flexibility index (Phi) is 2.37. The molecule has 1 aliphatic carbocycles. The molecule has 0 bridgehead atoms. The number of Topliss-reactive ketones (excluding diaryl/α,β-unsaturated/α-hetero) is 1. The lowest BCUT2D eigenvalue weighted by Crippen LogP contribution is -2.05. The minimum absolute atomic E-state index is 0.161. The normalized spacial score (nSPS) is 18.0. The molecule has 0 spiro atoms. The van der Waals surface area contributed by atoms with Crippen LogP contribution in [-0.4, -0.2) is 5.78 Å². The van der Waals surface area contributed by atoms with Gasteiger partial charge in [0.05, 0.1) is 5.56 Å². The van der Waals surface area contributed by atoms with Gasteiger partial charge in [0.15, 0.2) is 5.78 Å². The first-order valence-electron chi connectivity index (χ1n) is 4.83. The highest BCUT2D eigenvalue weighted by molar-refractivity contribution is 6.13. The zero-order valence-corrected chi connectivity index (χ0v) is 8.56. The van der Waals surface area contributed by atoms with Crippen molar-refractivity contribution in [1.82, 2.24) is 0 Å². The van der Waals surface area contributed by atoms with Gasteiger partial charge in [0.1, 0.15) is 0 Å². The standard InChI is InChI=1S/C12H9F3O/c1-2-7-5-8-6-9(12(13,14)15)3-4-10(8)11(7)16/h2-4,6H,5H2,1H3/b7-2+. The molecule has 0 fully saturated rings. The summed E-state index contributed by atoms with van der Waals surface area (Å²) in [4.78, 5) is 11.6. The van der Waals surface area contributed by atoms with Crippen LogP contribution in [0.5, 0.6) is 0 Å². The van der Waals surface area contributed by atoms with E-state index >= 15 is 0 Å². The minimum Gasteiger partial charge on any atom is -0.289 e. The van der Waals surface area contributed by atoms with Crippen molar-refractivity contribution >= 4 is 5.78 Å². The Bertz CT molecular complexity index is 484. The first-order valence-corrected chi connectivity index (χ1v) is 4.83. The molecule has 0 saturated carbocycles. The predicted molar refractivity (Wildman–Crippen MR) is 53.2 cm³/mol. The van der Waals surface area contributed by atoms with Gasteiger partial charge in [-0.2, -0.15) is 13.2 Å². The lowest BCUT2D eigenvalue weighted by molar-refractivity contribution is -0.137. The first-order chi connectivity index (χ1) is 7.43. The number of benzene rings is 1. The van der Waals surface area contributed by atoms with E-state index in [1.165, 1.54) is 6.07 Å². The third kappa shape index (κ3) is 1.64. The molecular weight excluding hydrogens is 217 g/mol. The van der Waals surface area contributed by atoms with Crippen LogP contribution in [0.25, 0.3) is 0 Å². The van der Waals surface area contributed by atoms with E-state index in [1.54, 1.807) is 13.0 Å². The van der Waals surface area contributed by atoms with E-state index < -0.39 is 11.7 Å². The summed E-state index contributed by atoms with van der Waals surface area (Å²) in [6.07, 6.45) is -2.40. The summed E-state index contributed by atoms with van der Waals surface area (Å²) >= 11 is 0. The number of halogens is 3. The van der Waals surface area contributed by atoms with Gasteiger partial charge in [-0.1, -0.05) is 12.1 Å². The van der Waals surface area contributed by atoms with Crippen LogP contribution >= 0.6 is 0 Å². The van der Waals surface area contributed by atoms with Gasteiger partial charge in [-0.3, -0.25) is 4.79 Å². The molecule has 1 aliphatic rings. The van der Waals surface area contributed by atoms with Crippen molar-refractivity contribution in [2.45, 2.75) is 19.5 Å². The van der Waals surface area contributed by atoms with Crippen molar-refractivity contribution in [3.05, 3.63) is 46.5 Å². The minimum atomic E-state index is -4.35. The summed E-state index contributed by atoms with van der Waals surface area (Å²) in [5.74, 6) is -0.161. The molecule has 0 amide bonds. The quantitative estimate of drug-likeness (QED) is 0.620. The van der Waals surface area contributed by atoms with Gasteiger partial charge < -0.3 is 0 Å². The molecule has 84 valence electrons. The van der Waals surface area contributed by atoms with E-state index in [0.29, 0.717) is 23.1 Å². The zero-order valence-electron chi connectivity index (χ0n) is 8.56. The smallest absolute Gasteiger partial charge is 0.289 e. The van der Waals surface area contributed by atoms with E-state index in [2.05, 4.69) is 0 Å². The highest BCUT2D eigenvalue weighted by Crippen LogP contribution is 2.34. The van der Waals surface area contributed by atoms with Crippen molar-refractivity contribution in [3.63, 3.8) is 0 Å². The predicted octanol–water partition coefficient (Wildman–Crippen LogP) is 3.39. The molecular formula is C12H9F3O. The summed E-state index contributed by atoms with van der Waals surface area (Å²) in [5, 5.41) is 0. The molecule has 1 nitrogen and oxygen atoms in total. The number of ketones is 1. The van der Waals surface area contributed by atoms with E-state index in [1.807, 2.05) is 0 Å². The Morgan fingerprint density at radius 3 is 2.56 bits per heavy atom. The van der Waals surface area contributed by atoms with Crippen LogP contribution in [0, 0.1) is 0 Å². The van der Waals surface area contributed by atoms with Crippen molar-refractivity contribution in [3.8, 4) is 0 Å². The lowest BCUT2D eigenvalue weighted by atomic mass is 10.1. The molecule has 4 heteroatoms. The summed E-state index contributed by atoms with van der Waals surface area (Å²) in [7, 11) is 0.